The van der Waals surface area contributed by atoms with Crippen molar-refractivity contribution in [2.45, 2.75) is 5.92 Å². The molecule has 0 saturated carbocycles. The van der Waals surface area contributed by atoms with Gasteiger partial charge in [0.05, 0.1) is 12.5 Å². The predicted molar refractivity (Wildman–Crippen MR) is 96.6 cm³/mol. The van der Waals surface area contributed by atoms with Crippen LogP contribution in [0.2, 0.25) is 0 Å². The SMILES string of the molecule is CN(CC(=O)N1C[C@H](C(=O)O)[C@@H](c2ccccc2)C1)c1ccccc1. The van der Waals surface area contributed by atoms with Gasteiger partial charge in [0.2, 0.25) is 5.91 Å². The van der Waals surface area contributed by atoms with Gasteiger partial charge in [-0.3, -0.25) is 9.59 Å². The van der Waals surface area contributed by atoms with E-state index in [1.807, 2.05) is 72.6 Å². The number of amides is 1. The molecule has 0 bridgehead atoms. The molecule has 2 aromatic rings. The standard InChI is InChI=1S/C20H22N2O3/c1-21(16-10-6-3-7-11-16)14-19(23)22-12-17(18(13-22)20(24)25)15-8-4-2-5-9-15/h2-11,17-18H,12-14H2,1H3,(H,24,25)/t17-,18+/m1/s1. The Hall–Kier alpha value is -2.82. The van der Waals surface area contributed by atoms with Crippen LogP contribution in [0.25, 0.3) is 0 Å². The molecule has 0 aliphatic carbocycles. The number of aliphatic carboxylic acids is 1. The van der Waals surface area contributed by atoms with E-state index in [1.165, 1.54) is 0 Å². The lowest BCUT2D eigenvalue weighted by atomic mass is 9.89. The van der Waals surface area contributed by atoms with E-state index in [4.69, 9.17) is 0 Å². The maximum Gasteiger partial charge on any atom is 0.308 e. The van der Waals surface area contributed by atoms with Gasteiger partial charge in [0, 0.05) is 31.7 Å². The summed E-state index contributed by atoms with van der Waals surface area (Å²) >= 11 is 0. The number of carbonyl (C=O) groups is 2. The van der Waals surface area contributed by atoms with Crippen LogP contribution in [0, 0.1) is 5.92 Å². The second kappa shape index (κ2) is 7.38. The zero-order chi connectivity index (χ0) is 17.8. The van der Waals surface area contributed by atoms with Crippen molar-refractivity contribution in [1.82, 2.24) is 4.90 Å². The van der Waals surface area contributed by atoms with Crippen LogP contribution in [0.15, 0.2) is 60.7 Å². The second-order valence-electron chi connectivity index (χ2n) is 6.45. The maximum absolute atomic E-state index is 12.7. The van der Waals surface area contributed by atoms with Gasteiger partial charge < -0.3 is 14.9 Å². The highest BCUT2D eigenvalue weighted by atomic mass is 16.4. The first-order valence-electron chi connectivity index (χ1n) is 8.38. The molecule has 0 unspecified atom stereocenters. The molecule has 0 aromatic heterocycles. The lowest BCUT2D eigenvalue weighted by Gasteiger charge is -2.23. The lowest BCUT2D eigenvalue weighted by Crippen LogP contribution is -2.38. The van der Waals surface area contributed by atoms with Crippen molar-refractivity contribution in [3.8, 4) is 0 Å². The van der Waals surface area contributed by atoms with E-state index in [2.05, 4.69) is 0 Å². The van der Waals surface area contributed by atoms with Crippen LogP contribution in [0.3, 0.4) is 0 Å². The first-order valence-corrected chi connectivity index (χ1v) is 8.38. The van der Waals surface area contributed by atoms with Crippen molar-refractivity contribution in [1.29, 1.82) is 0 Å². The van der Waals surface area contributed by atoms with Crippen LogP contribution in [0.4, 0.5) is 5.69 Å². The second-order valence-corrected chi connectivity index (χ2v) is 6.45. The normalized spacial score (nSPS) is 19.6. The zero-order valence-corrected chi connectivity index (χ0v) is 14.2. The van der Waals surface area contributed by atoms with E-state index in [1.54, 1.807) is 4.90 Å². The monoisotopic (exact) mass is 338 g/mol. The third kappa shape index (κ3) is 3.82. The van der Waals surface area contributed by atoms with Crippen molar-refractivity contribution in [2.75, 3.05) is 31.6 Å². The quantitative estimate of drug-likeness (QED) is 0.910. The highest BCUT2D eigenvalue weighted by molar-refractivity contribution is 5.83. The number of para-hydroxylation sites is 1. The Morgan fingerprint density at radius 1 is 1.04 bits per heavy atom. The molecular formula is C20H22N2O3. The summed E-state index contributed by atoms with van der Waals surface area (Å²) in [5, 5.41) is 9.56. The molecule has 1 aliphatic rings. The molecule has 2 atom stereocenters. The van der Waals surface area contributed by atoms with Gasteiger partial charge >= 0.3 is 5.97 Å². The Morgan fingerprint density at radius 3 is 2.24 bits per heavy atom. The topological polar surface area (TPSA) is 60.9 Å². The van der Waals surface area contributed by atoms with Gasteiger partial charge in [-0.1, -0.05) is 48.5 Å². The summed E-state index contributed by atoms with van der Waals surface area (Å²) in [4.78, 5) is 27.9. The largest absolute Gasteiger partial charge is 0.481 e. The number of nitrogens with zero attached hydrogens (tertiary/aromatic N) is 2. The molecule has 25 heavy (non-hydrogen) atoms. The molecule has 1 heterocycles. The van der Waals surface area contributed by atoms with Crippen molar-refractivity contribution in [3.05, 3.63) is 66.2 Å². The van der Waals surface area contributed by atoms with Crippen LogP contribution < -0.4 is 4.90 Å². The molecule has 3 rings (SSSR count). The van der Waals surface area contributed by atoms with Crippen molar-refractivity contribution < 1.29 is 14.7 Å². The number of likely N-dealkylation sites (tertiary alicyclic amines) is 1. The van der Waals surface area contributed by atoms with E-state index >= 15 is 0 Å². The number of hydrogen-bond donors (Lipinski definition) is 1. The summed E-state index contributed by atoms with van der Waals surface area (Å²) < 4.78 is 0. The Labute approximate surface area is 147 Å². The van der Waals surface area contributed by atoms with E-state index in [9.17, 15) is 14.7 Å². The third-order valence-electron chi connectivity index (χ3n) is 4.79. The lowest BCUT2D eigenvalue weighted by molar-refractivity contribution is -0.141. The Kier molecular flexibility index (Phi) is 5.03. The summed E-state index contributed by atoms with van der Waals surface area (Å²) in [5.74, 6) is -1.62. The molecule has 5 heteroatoms. The fraction of sp³-hybridized carbons (Fsp3) is 0.300. The highest BCUT2D eigenvalue weighted by Gasteiger charge is 2.40. The minimum Gasteiger partial charge on any atom is -0.481 e. The van der Waals surface area contributed by atoms with E-state index < -0.39 is 11.9 Å². The van der Waals surface area contributed by atoms with Crippen molar-refractivity contribution in [2.24, 2.45) is 5.92 Å². The maximum atomic E-state index is 12.7. The van der Waals surface area contributed by atoms with Crippen molar-refractivity contribution >= 4 is 17.6 Å². The summed E-state index contributed by atoms with van der Waals surface area (Å²) in [6.07, 6.45) is 0. The molecular weight excluding hydrogens is 316 g/mol. The molecule has 5 nitrogen and oxygen atoms in total. The summed E-state index contributed by atoms with van der Waals surface area (Å²) in [6.45, 7) is 0.941. The fourth-order valence-electron chi connectivity index (χ4n) is 3.37. The van der Waals surface area contributed by atoms with Gasteiger partial charge in [-0.25, -0.2) is 0 Å². The molecule has 1 N–H and O–H groups in total. The van der Waals surface area contributed by atoms with Crippen LogP contribution in [-0.4, -0.2) is 48.6 Å². The molecule has 1 saturated heterocycles. The molecule has 1 fully saturated rings. The third-order valence-corrected chi connectivity index (χ3v) is 4.79. The van der Waals surface area contributed by atoms with Gasteiger partial charge in [-0.05, 0) is 17.7 Å². The Bertz CT molecular complexity index is 733. The average Bonchev–Trinajstić information content (AvgIpc) is 3.09. The van der Waals surface area contributed by atoms with E-state index in [-0.39, 0.29) is 24.9 Å². The van der Waals surface area contributed by atoms with Gasteiger partial charge in [0.15, 0.2) is 0 Å². The number of hydrogen-bond acceptors (Lipinski definition) is 3. The Balaban J connectivity index is 1.70. The Morgan fingerprint density at radius 2 is 1.64 bits per heavy atom. The summed E-state index contributed by atoms with van der Waals surface area (Å²) in [7, 11) is 1.87. The first-order chi connectivity index (χ1) is 12.1. The van der Waals surface area contributed by atoms with Gasteiger partial charge in [-0.2, -0.15) is 0 Å². The molecule has 130 valence electrons. The van der Waals surface area contributed by atoms with Crippen LogP contribution >= 0.6 is 0 Å². The van der Waals surface area contributed by atoms with E-state index in [0.29, 0.717) is 6.54 Å². The number of benzene rings is 2. The van der Waals surface area contributed by atoms with Crippen LogP contribution in [0.5, 0.6) is 0 Å². The number of carboxylic acids is 1. The van der Waals surface area contributed by atoms with Crippen molar-refractivity contribution in [3.63, 3.8) is 0 Å². The number of rotatable bonds is 5. The summed E-state index contributed by atoms with van der Waals surface area (Å²) in [6, 6.07) is 19.3. The molecule has 1 aliphatic heterocycles. The van der Waals surface area contributed by atoms with Gasteiger partial charge in [0.25, 0.3) is 0 Å². The molecule has 2 aromatic carbocycles. The predicted octanol–water partition coefficient (Wildman–Crippen LogP) is 2.45. The fourth-order valence-corrected chi connectivity index (χ4v) is 3.37. The van der Waals surface area contributed by atoms with Crippen LogP contribution in [0.1, 0.15) is 11.5 Å². The first kappa shape index (κ1) is 17.0. The van der Waals surface area contributed by atoms with E-state index in [0.717, 1.165) is 11.3 Å². The zero-order valence-electron chi connectivity index (χ0n) is 14.2. The molecule has 0 radical (unpaired) electrons. The number of likely N-dealkylation sites (N-methyl/N-ethyl adjacent to an activating group) is 1. The average molecular weight is 338 g/mol. The molecule has 0 spiro atoms. The number of anilines is 1. The van der Waals surface area contributed by atoms with Crippen LogP contribution in [-0.2, 0) is 9.59 Å². The number of carbonyl (C=O) groups excluding carboxylic acids is 1. The minimum atomic E-state index is -0.847. The van der Waals surface area contributed by atoms with Gasteiger partial charge in [-0.15, -0.1) is 0 Å². The highest BCUT2D eigenvalue weighted by Crippen LogP contribution is 2.33. The van der Waals surface area contributed by atoms with Gasteiger partial charge in [0.1, 0.15) is 0 Å². The summed E-state index contributed by atoms with van der Waals surface area (Å²) in [5.41, 5.74) is 1.94. The minimum absolute atomic E-state index is 0.0453. The smallest absolute Gasteiger partial charge is 0.308 e. The molecule has 1 amide bonds. The number of carboxylic acid groups (broad SMARTS) is 1.